The molecule has 30 heavy (non-hydrogen) atoms. The van der Waals surface area contributed by atoms with E-state index >= 15 is 0 Å². The van der Waals surface area contributed by atoms with Crippen LogP contribution in [0.25, 0.3) is 0 Å². The average molecular weight is 434 g/mol. The monoisotopic (exact) mass is 433 g/mol. The Hall–Kier alpha value is -2.87. The Morgan fingerprint density at radius 3 is 2.07 bits per heavy atom. The highest BCUT2D eigenvalue weighted by Gasteiger charge is 2.14. The summed E-state index contributed by atoms with van der Waals surface area (Å²) in [6.07, 6.45) is 0. The van der Waals surface area contributed by atoms with E-state index < -0.39 is 0 Å². The zero-order chi connectivity index (χ0) is 22.1. The van der Waals surface area contributed by atoms with Crippen molar-refractivity contribution in [3.63, 3.8) is 0 Å². The van der Waals surface area contributed by atoms with Gasteiger partial charge in [-0.1, -0.05) is 0 Å². The smallest absolute Gasteiger partial charge is 0.230 e. The van der Waals surface area contributed by atoms with Crippen molar-refractivity contribution in [2.45, 2.75) is 19.2 Å². The molecular weight excluding hydrogens is 406 g/mol. The number of amides is 1. The van der Waals surface area contributed by atoms with Gasteiger partial charge in [0.15, 0.2) is 17.3 Å². The Labute approximate surface area is 181 Å². The molecule has 1 N–H and O–H groups in total. The number of Topliss-reactive ketones (excluding diaryl/α,β-unsaturated/α-hetero) is 1. The first-order chi connectivity index (χ1) is 14.4. The third-order valence-corrected chi connectivity index (χ3v) is 5.37. The van der Waals surface area contributed by atoms with Gasteiger partial charge in [0.2, 0.25) is 11.7 Å². The summed E-state index contributed by atoms with van der Waals surface area (Å²) in [5.41, 5.74) is 2.34. The van der Waals surface area contributed by atoms with Crippen molar-refractivity contribution >= 4 is 23.5 Å². The molecule has 0 aliphatic rings. The first kappa shape index (κ1) is 23.4. The largest absolute Gasteiger partial charge is 0.496 e. The van der Waals surface area contributed by atoms with Gasteiger partial charge in [0.25, 0.3) is 0 Å². The topological polar surface area (TPSA) is 83.1 Å². The lowest BCUT2D eigenvalue weighted by Crippen LogP contribution is -2.24. The quantitative estimate of drug-likeness (QED) is 0.543. The van der Waals surface area contributed by atoms with Crippen LogP contribution in [0.4, 0.5) is 0 Å². The summed E-state index contributed by atoms with van der Waals surface area (Å²) in [7, 11) is 6.22. The fraction of sp³-hybridized carbons (Fsp3) is 0.364. The maximum atomic E-state index is 12.3. The van der Waals surface area contributed by atoms with Crippen LogP contribution >= 0.6 is 11.8 Å². The van der Waals surface area contributed by atoms with Crippen LogP contribution in [0.15, 0.2) is 30.3 Å². The SMILES string of the molecule is COc1ccc(C(C)=O)cc1CSCC(=O)NCc1cc(OC)c(OC)c(OC)c1. The van der Waals surface area contributed by atoms with Gasteiger partial charge in [-0.3, -0.25) is 9.59 Å². The van der Waals surface area contributed by atoms with Gasteiger partial charge in [0.05, 0.1) is 34.2 Å². The molecule has 0 spiro atoms. The molecule has 2 aromatic carbocycles. The first-order valence-corrected chi connectivity index (χ1v) is 10.4. The van der Waals surface area contributed by atoms with Gasteiger partial charge >= 0.3 is 0 Å². The van der Waals surface area contributed by atoms with Crippen molar-refractivity contribution in [1.82, 2.24) is 5.32 Å². The van der Waals surface area contributed by atoms with Crippen LogP contribution in [0.1, 0.15) is 28.4 Å². The zero-order valence-corrected chi connectivity index (χ0v) is 18.7. The number of ether oxygens (including phenoxy) is 4. The van der Waals surface area contributed by atoms with Crippen LogP contribution in [0.2, 0.25) is 0 Å². The highest BCUT2D eigenvalue weighted by Crippen LogP contribution is 2.38. The third kappa shape index (κ3) is 6.06. The molecule has 162 valence electrons. The number of hydrogen-bond donors (Lipinski definition) is 1. The lowest BCUT2D eigenvalue weighted by atomic mass is 10.1. The minimum atomic E-state index is -0.101. The van der Waals surface area contributed by atoms with E-state index in [1.165, 1.54) is 18.7 Å². The molecule has 0 atom stereocenters. The molecular formula is C22H27NO6S. The summed E-state index contributed by atoms with van der Waals surface area (Å²) in [6, 6.07) is 8.92. The van der Waals surface area contributed by atoms with Crippen molar-refractivity contribution in [3.05, 3.63) is 47.0 Å². The van der Waals surface area contributed by atoms with Crippen LogP contribution in [0, 0.1) is 0 Å². The summed E-state index contributed by atoms with van der Waals surface area (Å²) in [6.45, 7) is 1.86. The van der Waals surface area contributed by atoms with Crippen molar-refractivity contribution < 1.29 is 28.5 Å². The molecule has 0 bridgehead atoms. The number of benzene rings is 2. The van der Waals surface area contributed by atoms with Crippen molar-refractivity contribution in [2.75, 3.05) is 34.2 Å². The fourth-order valence-electron chi connectivity index (χ4n) is 2.85. The zero-order valence-electron chi connectivity index (χ0n) is 17.9. The standard InChI is InChI=1S/C22H27NO6S/c1-14(24)16-6-7-18(26-2)17(10-16)12-30-13-21(25)23-11-15-8-19(27-3)22(29-5)20(9-15)28-4/h6-10H,11-13H2,1-5H3,(H,23,25). The number of nitrogens with one attached hydrogen (secondary N) is 1. The molecule has 0 fully saturated rings. The van der Waals surface area contributed by atoms with Gasteiger partial charge in [0, 0.05) is 23.4 Å². The van der Waals surface area contributed by atoms with E-state index in [0.717, 1.165) is 11.1 Å². The maximum Gasteiger partial charge on any atom is 0.230 e. The molecule has 0 unspecified atom stereocenters. The highest BCUT2D eigenvalue weighted by atomic mass is 32.2. The number of thioether (sulfide) groups is 1. The highest BCUT2D eigenvalue weighted by molar-refractivity contribution is 7.99. The lowest BCUT2D eigenvalue weighted by Gasteiger charge is -2.14. The normalized spacial score (nSPS) is 10.3. The molecule has 0 aliphatic carbocycles. The maximum absolute atomic E-state index is 12.3. The molecule has 7 nitrogen and oxygen atoms in total. The molecule has 1 amide bonds. The van der Waals surface area contributed by atoms with Crippen molar-refractivity contribution in [1.29, 1.82) is 0 Å². The number of rotatable bonds is 11. The van der Waals surface area contributed by atoms with Crippen LogP contribution in [0.3, 0.4) is 0 Å². The summed E-state index contributed by atoms with van der Waals surface area (Å²) < 4.78 is 21.3. The molecule has 8 heteroatoms. The second-order valence-corrected chi connectivity index (χ2v) is 7.37. The predicted molar refractivity (Wildman–Crippen MR) is 117 cm³/mol. The molecule has 2 aromatic rings. The van der Waals surface area contributed by atoms with Gasteiger partial charge in [-0.25, -0.2) is 0 Å². The van der Waals surface area contributed by atoms with Gasteiger partial charge in [-0.2, -0.15) is 0 Å². The van der Waals surface area contributed by atoms with E-state index in [2.05, 4.69) is 5.32 Å². The average Bonchev–Trinajstić information content (AvgIpc) is 2.76. The Morgan fingerprint density at radius 1 is 0.900 bits per heavy atom. The fourth-order valence-corrected chi connectivity index (χ4v) is 3.69. The van der Waals surface area contributed by atoms with E-state index in [1.807, 2.05) is 6.07 Å². The predicted octanol–water partition coefficient (Wildman–Crippen LogP) is 3.47. The molecule has 0 saturated heterocycles. The number of methoxy groups -OCH3 is 4. The van der Waals surface area contributed by atoms with Crippen molar-refractivity contribution in [2.24, 2.45) is 0 Å². The number of hydrogen-bond acceptors (Lipinski definition) is 7. The molecule has 0 radical (unpaired) electrons. The van der Waals surface area contributed by atoms with Gasteiger partial charge < -0.3 is 24.3 Å². The van der Waals surface area contributed by atoms with E-state index in [9.17, 15) is 9.59 Å². The summed E-state index contributed by atoms with van der Waals surface area (Å²) >= 11 is 1.45. The van der Waals surface area contributed by atoms with E-state index in [1.54, 1.807) is 52.7 Å². The first-order valence-electron chi connectivity index (χ1n) is 9.24. The lowest BCUT2D eigenvalue weighted by molar-refractivity contribution is -0.118. The van der Waals surface area contributed by atoms with Gasteiger partial charge in [-0.05, 0) is 42.8 Å². The molecule has 0 heterocycles. The van der Waals surface area contributed by atoms with E-state index in [-0.39, 0.29) is 17.4 Å². The Bertz CT molecular complexity index is 874. The summed E-state index contributed by atoms with van der Waals surface area (Å²) in [4.78, 5) is 23.9. The molecule has 0 saturated carbocycles. The number of carbonyl (C=O) groups excluding carboxylic acids is 2. The summed E-state index contributed by atoms with van der Waals surface area (Å²) in [5.74, 6) is 3.00. The second-order valence-electron chi connectivity index (χ2n) is 6.39. The number of ketones is 1. The Kier molecular flexibility index (Phi) is 8.86. The van der Waals surface area contributed by atoms with Crippen LogP contribution in [-0.2, 0) is 17.1 Å². The van der Waals surface area contributed by atoms with Gasteiger partial charge in [-0.15, -0.1) is 11.8 Å². The van der Waals surface area contributed by atoms with Gasteiger partial charge in [0.1, 0.15) is 5.75 Å². The number of carbonyl (C=O) groups is 2. The van der Waals surface area contributed by atoms with Crippen LogP contribution < -0.4 is 24.3 Å². The van der Waals surface area contributed by atoms with Crippen LogP contribution in [0.5, 0.6) is 23.0 Å². The Balaban J connectivity index is 1.93. The summed E-state index contributed by atoms with van der Waals surface area (Å²) in [5, 5.41) is 2.89. The molecule has 0 aliphatic heterocycles. The second kappa shape index (κ2) is 11.3. The Morgan fingerprint density at radius 2 is 1.53 bits per heavy atom. The third-order valence-electron chi connectivity index (χ3n) is 4.39. The molecule has 2 rings (SSSR count). The minimum absolute atomic E-state index is 0.00741. The minimum Gasteiger partial charge on any atom is -0.496 e. The molecule has 0 aromatic heterocycles. The van der Waals surface area contributed by atoms with E-state index in [4.69, 9.17) is 18.9 Å². The van der Waals surface area contributed by atoms with E-state index in [0.29, 0.717) is 40.9 Å². The van der Waals surface area contributed by atoms with Crippen LogP contribution in [-0.4, -0.2) is 45.9 Å². The van der Waals surface area contributed by atoms with Crippen molar-refractivity contribution in [3.8, 4) is 23.0 Å².